The van der Waals surface area contributed by atoms with E-state index in [4.69, 9.17) is 4.42 Å². The van der Waals surface area contributed by atoms with Crippen LogP contribution in [0.4, 0.5) is 6.01 Å². The summed E-state index contributed by atoms with van der Waals surface area (Å²) in [5, 5.41) is 14.6. The molecule has 18 heavy (non-hydrogen) atoms. The van der Waals surface area contributed by atoms with E-state index < -0.39 is 0 Å². The molecule has 0 atom stereocenters. The molecule has 2 saturated carbocycles. The molecule has 3 rings (SSSR count). The van der Waals surface area contributed by atoms with Gasteiger partial charge in [0, 0.05) is 12.6 Å². The van der Waals surface area contributed by atoms with Crippen molar-refractivity contribution in [1.82, 2.24) is 15.5 Å². The Labute approximate surface area is 108 Å². The topological polar surface area (TPSA) is 63.0 Å². The van der Waals surface area contributed by atoms with E-state index in [9.17, 15) is 0 Å². The van der Waals surface area contributed by atoms with Crippen LogP contribution in [0.5, 0.6) is 0 Å². The van der Waals surface area contributed by atoms with Crippen molar-refractivity contribution in [2.45, 2.75) is 57.5 Å². The average Bonchev–Trinajstić information content (AvgIpc) is 2.89. The quantitative estimate of drug-likeness (QED) is 0.777. The Kier molecular flexibility index (Phi) is 3.78. The molecule has 5 heteroatoms. The largest absolute Gasteiger partial charge is 0.407 e. The van der Waals surface area contributed by atoms with Crippen LogP contribution in [0.3, 0.4) is 0 Å². The highest BCUT2D eigenvalue weighted by molar-refractivity contribution is 5.16. The molecule has 100 valence electrons. The minimum atomic E-state index is 0.570. The summed E-state index contributed by atoms with van der Waals surface area (Å²) in [5.41, 5.74) is 0. The summed E-state index contributed by atoms with van der Waals surface area (Å²) in [4.78, 5) is 0. The van der Waals surface area contributed by atoms with Crippen LogP contribution in [-0.4, -0.2) is 22.8 Å². The van der Waals surface area contributed by atoms with Crippen LogP contribution < -0.4 is 10.6 Å². The lowest BCUT2D eigenvalue weighted by molar-refractivity contribution is 0.469. The molecule has 2 N–H and O–H groups in total. The number of anilines is 1. The molecule has 0 bridgehead atoms. The van der Waals surface area contributed by atoms with Gasteiger partial charge in [0.2, 0.25) is 5.89 Å². The first kappa shape index (κ1) is 12.0. The third-order valence-electron chi connectivity index (χ3n) is 3.89. The molecule has 0 spiro atoms. The van der Waals surface area contributed by atoms with E-state index in [1.54, 1.807) is 0 Å². The van der Waals surface area contributed by atoms with Crippen LogP contribution in [0.2, 0.25) is 0 Å². The van der Waals surface area contributed by atoms with Crippen molar-refractivity contribution in [2.75, 3.05) is 11.9 Å². The highest BCUT2D eigenvalue weighted by atomic mass is 16.4. The Morgan fingerprint density at radius 1 is 1.11 bits per heavy atom. The number of aromatic nitrogens is 2. The van der Waals surface area contributed by atoms with Gasteiger partial charge < -0.3 is 15.1 Å². The molecule has 2 fully saturated rings. The monoisotopic (exact) mass is 250 g/mol. The second-order valence-electron chi connectivity index (χ2n) is 5.52. The first-order valence-corrected chi connectivity index (χ1v) is 7.20. The second-order valence-corrected chi connectivity index (χ2v) is 5.52. The molecule has 0 unspecified atom stereocenters. The zero-order chi connectivity index (χ0) is 12.2. The zero-order valence-electron chi connectivity index (χ0n) is 10.8. The fourth-order valence-electron chi connectivity index (χ4n) is 2.60. The Hall–Kier alpha value is -1.10. The lowest BCUT2D eigenvalue weighted by atomic mass is 10.0. The predicted molar refractivity (Wildman–Crippen MR) is 69.2 cm³/mol. The summed E-state index contributed by atoms with van der Waals surface area (Å²) >= 11 is 0. The van der Waals surface area contributed by atoms with Crippen molar-refractivity contribution in [2.24, 2.45) is 5.92 Å². The summed E-state index contributed by atoms with van der Waals surface area (Å²) < 4.78 is 5.53. The van der Waals surface area contributed by atoms with Gasteiger partial charge in [-0.25, -0.2) is 0 Å². The van der Waals surface area contributed by atoms with Gasteiger partial charge in [-0.15, -0.1) is 5.10 Å². The van der Waals surface area contributed by atoms with Gasteiger partial charge in [0.05, 0.1) is 6.54 Å². The second kappa shape index (κ2) is 5.69. The Balaban J connectivity index is 1.36. The lowest BCUT2D eigenvalue weighted by Crippen LogP contribution is -2.15. The number of hydrogen-bond donors (Lipinski definition) is 2. The predicted octanol–water partition coefficient (Wildman–Crippen LogP) is 2.31. The molecule has 0 amide bonds. The van der Waals surface area contributed by atoms with Crippen molar-refractivity contribution in [3.05, 3.63) is 5.89 Å². The number of rotatable bonds is 7. The van der Waals surface area contributed by atoms with Crippen molar-refractivity contribution in [3.8, 4) is 0 Å². The molecule has 5 nitrogen and oxygen atoms in total. The van der Waals surface area contributed by atoms with E-state index in [2.05, 4.69) is 20.8 Å². The van der Waals surface area contributed by atoms with Crippen LogP contribution >= 0.6 is 0 Å². The number of nitrogens with one attached hydrogen (secondary N) is 2. The molecule has 0 saturated heterocycles. The van der Waals surface area contributed by atoms with Gasteiger partial charge in [0.25, 0.3) is 0 Å². The molecule has 0 aromatic carbocycles. The Morgan fingerprint density at radius 3 is 2.72 bits per heavy atom. The molecule has 1 aromatic heterocycles. The molecular formula is C13H22N4O. The summed E-state index contributed by atoms with van der Waals surface area (Å²) in [6.07, 6.45) is 9.37. The number of nitrogens with zero attached hydrogens (tertiary/aromatic N) is 2. The van der Waals surface area contributed by atoms with Crippen LogP contribution in [0.25, 0.3) is 0 Å². The summed E-state index contributed by atoms with van der Waals surface area (Å²) in [5.74, 6) is 1.58. The van der Waals surface area contributed by atoms with E-state index in [1.807, 2.05) is 0 Å². The van der Waals surface area contributed by atoms with E-state index in [0.29, 0.717) is 24.5 Å². The zero-order valence-corrected chi connectivity index (χ0v) is 10.8. The van der Waals surface area contributed by atoms with Gasteiger partial charge in [-0.2, -0.15) is 0 Å². The molecule has 0 radical (unpaired) electrons. The SMILES string of the molecule is C1CCC(CCNc2nnc(CNC3CC3)o2)C1. The average molecular weight is 250 g/mol. The van der Waals surface area contributed by atoms with Crippen LogP contribution in [0.15, 0.2) is 4.42 Å². The maximum absolute atomic E-state index is 5.53. The molecule has 2 aliphatic carbocycles. The fraction of sp³-hybridized carbons (Fsp3) is 0.846. The maximum Gasteiger partial charge on any atom is 0.315 e. The third-order valence-corrected chi connectivity index (χ3v) is 3.89. The standard InChI is InChI=1S/C13H22N4O/c1-2-4-10(3-1)7-8-14-13-17-16-12(18-13)9-15-11-5-6-11/h10-11,15H,1-9H2,(H,14,17). The molecule has 0 aliphatic heterocycles. The summed E-state index contributed by atoms with van der Waals surface area (Å²) in [6.45, 7) is 1.64. The van der Waals surface area contributed by atoms with Crippen molar-refractivity contribution in [3.63, 3.8) is 0 Å². The summed E-state index contributed by atoms with van der Waals surface area (Å²) in [6, 6.07) is 1.25. The van der Waals surface area contributed by atoms with Crippen LogP contribution in [-0.2, 0) is 6.54 Å². The number of hydrogen-bond acceptors (Lipinski definition) is 5. The normalized spacial score (nSPS) is 20.4. The fourth-order valence-corrected chi connectivity index (χ4v) is 2.60. The third kappa shape index (κ3) is 3.45. The van der Waals surface area contributed by atoms with Gasteiger partial charge >= 0.3 is 6.01 Å². The van der Waals surface area contributed by atoms with Crippen LogP contribution in [0, 0.1) is 5.92 Å². The van der Waals surface area contributed by atoms with E-state index in [1.165, 1.54) is 44.9 Å². The minimum absolute atomic E-state index is 0.570. The van der Waals surface area contributed by atoms with Crippen LogP contribution in [0.1, 0.15) is 50.8 Å². The van der Waals surface area contributed by atoms with Gasteiger partial charge in [0.1, 0.15) is 0 Å². The van der Waals surface area contributed by atoms with Gasteiger partial charge in [-0.3, -0.25) is 0 Å². The van der Waals surface area contributed by atoms with Gasteiger partial charge in [0.15, 0.2) is 0 Å². The van der Waals surface area contributed by atoms with E-state index >= 15 is 0 Å². The summed E-state index contributed by atoms with van der Waals surface area (Å²) in [7, 11) is 0. The van der Waals surface area contributed by atoms with E-state index in [0.717, 1.165) is 12.5 Å². The van der Waals surface area contributed by atoms with Crippen molar-refractivity contribution >= 4 is 6.01 Å². The lowest BCUT2D eigenvalue weighted by Gasteiger charge is -2.07. The smallest absolute Gasteiger partial charge is 0.315 e. The molecular weight excluding hydrogens is 228 g/mol. The van der Waals surface area contributed by atoms with Gasteiger partial charge in [-0.05, 0) is 25.2 Å². The molecule has 1 aromatic rings. The highest BCUT2D eigenvalue weighted by Gasteiger charge is 2.21. The molecule has 1 heterocycles. The maximum atomic E-state index is 5.53. The minimum Gasteiger partial charge on any atom is -0.407 e. The van der Waals surface area contributed by atoms with Crippen molar-refractivity contribution in [1.29, 1.82) is 0 Å². The first-order valence-electron chi connectivity index (χ1n) is 7.20. The Morgan fingerprint density at radius 2 is 1.94 bits per heavy atom. The van der Waals surface area contributed by atoms with Crippen molar-refractivity contribution < 1.29 is 4.42 Å². The molecule has 2 aliphatic rings. The first-order chi connectivity index (χ1) is 8.90. The van der Waals surface area contributed by atoms with E-state index in [-0.39, 0.29) is 0 Å². The highest BCUT2D eigenvalue weighted by Crippen LogP contribution is 2.27. The Bertz CT molecular complexity index is 369. The van der Waals surface area contributed by atoms with Gasteiger partial charge in [-0.1, -0.05) is 30.8 Å².